The van der Waals surface area contributed by atoms with Crippen molar-refractivity contribution in [1.29, 1.82) is 0 Å². The second kappa shape index (κ2) is 6.92. The maximum absolute atomic E-state index is 9.36. The summed E-state index contributed by atoms with van der Waals surface area (Å²) in [7, 11) is 0. The molecule has 0 aromatic heterocycles. The fraction of sp³-hybridized carbons (Fsp3) is 0.217. The zero-order valence-electron chi connectivity index (χ0n) is 14.6. The van der Waals surface area contributed by atoms with Gasteiger partial charge in [0.1, 0.15) is 5.75 Å². The largest absolute Gasteiger partial charge is 0.508 e. The third-order valence-electron chi connectivity index (χ3n) is 4.80. The van der Waals surface area contributed by atoms with Crippen molar-refractivity contribution >= 4 is 0 Å². The molecule has 3 aromatic carbocycles. The quantitative estimate of drug-likeness (QED) is 0.648. The average molecular weight is 316 g/mol. The Labute approximate surface area is 144 Å². The molecule has 1 nitrogen and oxygen atoms in total. The lowest BCUT2D eigenvalue weighted by atomic mass is 9.95. The Hall–Kier alpha value is -2.54. The van der Waals surface area contributed by atoms with Crippen LogP contribution in [0.1, 0.15) is 27.8 Å². The van der Waals surface area contributed by atoms with Gasteiger partial charge in [0.2, 0.25) is 0 Å². The first-order valence-electron chi connectivity index (χ1n) is 8.48. The lowest BCUT2D eigenvalue weighted by molar-refractivity contribution is 0.475. The predicted molar refractivity (Wildman–Crippen MR) is 102 cm³/mol. The molecule has 3 aromatic rings. The van der Waals surface area contributed by atoms with Crippen LogP contribution in [0.4, 0.5) is 0 Å². The van der Waals surface area contributed by atoms with Crippen molar-refractivity contribution in [3.8, 4) is 16.9 Å². The number of aryl methyl sites for hydroxylation is 5. The van der Waals surface area contributed by atoms with Gasteiger partial charge in [0.25, 0.3) is 0 Å². The number of benzene rings is 3. The Morgan fingerprint density at radius 2 is 1.25 bits per heavy atom. The minimum absolute atomic E-state index is 0.327. The Morgan fingerprint density at radius 3 is 1.88 bits per heavy atom. The van der Waals surface area contributed by atoms with Gasteiger partial charge >= 0.3 is 0 Å². The molecule has 0 radical (unpaired) electrons. The fourth-order valence-corrected chi connectivity index (χ4v) is 3.02. The molecule has 3 rings (SSSR count). The van der Waals surface area contributed by atoms with Crippen LogP contribution in [-0.2, 0) is 12.8 Å². The molecule has 0 saturated heterocycles. The van der Waals surface area contributed by atoms with Crippen molar-refractivity contribution in [2.45, 2.75) is 33.6 Å². The first-order valence-corrected chi connectivity index (χ1v) is 8.48. The highest BCUT2D eigenvalue weighted by Gasteiger charge is 2.04. The van der Waals surface area contributed by atoms with Crippen molar-refractivity contribution < 1.29 is 5.11 Å². The van der Waals surface area contributed by atoms with E-state index < -0.39 is 0 Å². The molecular formula is C23H24O. The van der Waals surface area contributed by atoms with E-state index in [1.165, 1.54) is 38.9 Å². The van der Waals surface area contributed by atoms with E-state index in [-0.39, 0.29) is 0 Å². The summed E-state index contributed by atoms with van der Waals surface area (Å²) in [5.41, 5.74) is 9.21. The van der Waals surface area contributed by atoms with Crippen molar-refractivity contribution in [2.75, 3.05) is 0 Å². The second-order valence-corrected chi connectivity index (χ2v) is 6.61. The molecule has 0 aliphatic heterocycles. The maximum atomic E-state index is 9.36. The molecule has 0 amide bonds. The molecule has 0 spiro atoms. The first kappa shape index (κ1) is 16.3. The van der Waals surface area contributed by atoms with Gasteiger partial charge in [-0.3, -0.25) is 0 Å². The maximum Gasteiger partial charge on any atom is 0.115 e. The predicted octanol–water partition coefficient (Wildman–Crippen LogP) is 5.77. The van der Waals surface area contributed by atoms with Gasteiger partial charge in [-0.1, -0.05) is 48.5 Å². The van der Waals surface area contributed by atoms with Crippen molar-refractivity contribution in [2.24, 2.45) is 0 Å². The van der Waals surface area contributed by atoms with E-state index in [2.05, 4.69) is 57.2 Å². The van der Waals surface area contributed by atoms with Crippen molar-refractivity contribution in [3.05, 3.63) is 88.5 Å². The second-order valence-electron chi connectivity index (χ2n) is 6.61. The normalized spacial score (nSPS) is 10.8. The molecule has 0 saturated carbocycles. The smallest absolute Gasteiger partial charge is 0.115 e. The summed E-state index contributed by atoms with van der Waals surface area (Å²) in [6.07, 6.45) is 2.01. The Morgan fingerprint density at radius 1 is 0.625 bits per heavy atom. The molecule has 1 N–H and O–H groups in total. The van der Waals surface area contributed by atoms with Crippen LogP contribution in [0.3, 0.4) is 0 Å². The summed E-state index contributed by atoms with van der Waals surface area (Å²) >= 11 is 0. The summed E-state index contributed by atoms with van der Waals surface area (Å²) in [5, 5.41) is 9.36. The zero-order valence-corrected chi connectivity index (χ0v) is 14.6. The summed E-state index contributed by atoms with van der Waals surface area (Å²) in [6.45, 7) is 6.51. The topological polar surface area (TPSA) is 20.2 Å². The van der Waals surface area contributed by atoms with Crippen LogP contribution in [0.25, 0.3) is 11.1 Å². The van der Waals surface area contributed by atoms with E-state index in [9.17, 15) is 5.11 Å². The number of rotatable bonds is 4. The molecule has 0 unspecified atom stereocenters. The number of phenolic OH excluding ortho intramolecular Hbond substituents is 1. The van der Waals surface area contributed by atoms with E-state index in [1.807, 2.05) is 12.1 Å². The lowest BCUT2D eigenvalue weighted by Gasteiger charge is -2.10. The highest BCUT2D eigenvalue weighted by molar-refractivity contribution is 5.66. The first-order chi connectivity index (χ1) is 11.5. The van der Waals surface area contributed by atoms with E-state index in [0.29, 0.717) is 5.75 Å². The lowest BCUT2D eigenvalue weighted by Crippen LogP contribution is -1.95. The Balaban J connectivity index is 1.76. The van der Waals surface area contributed by atoms with Crippen LogP contribution < -0.4 is 0 Å². The Kier molecular flexibility index (Phi) is 4.71. The Bertz CT molecular complexity index is 844. The van der Waals surface area contributed by atoms with Gasteiger partial charge in [-0.25, -0.2) is 0 Å². The minimum Gasteiger partial charge on any atom is -0.508 e. The van der Waals surface area contributed by atoms with E-state index in [1.54, 1.807) is 12.1 Å². The molecule has 24 heavy (non-hydrogen) atoms. The average Bonchev–Trinajstić information content (AvgIpc) is 2.58. The van der Waals surface area contributed by atoms with Gasteiger partial charge in [-0.15, -0.1) is 0 Å². The van der Waals surface area contributed by atoms with E-state index in [4.69, 9.17) is 0 Å². The standard InChI is InChI=1S/C23H24O/c1-16-4-8-21(14-17(16)2)22-11-10-20(18(3)15-22)9-5-19-6-12-23(24)13-7-19/h4,6-8,10-15,24H,5,9H2,1-3H3. The van der Waals surface area contributed by atoms with Gasteiger partial charge < -0.3 is 5.11 Å². The molecule has 0 aliphatic carbocycles. The third kappa shape index (κ3) is 3.68. The number of hydrogen-bond donors (Lipinski definition) is 1. The van der Waals surface area contributed by atoms with Gasteiger partial charge in [0, 0.05) is 0 Å². The molecule has 0 heterocycles. The van der Waals surface area contributed by atoms with Crippen LogP contribution in [0.5, 0.6) is 5.75 Å². The molecule has 0 aliphatic rings. The fourth-order valence-electron chi connectivity index (χ4n) is 3.02. The summed E-state index contributed by atoms with van der Waals surface area (Å²) in [6, 6.07) is 20.9. The van der Waals surface area contributed by atoms with Crippen LogP contribution in [-0.4, -0.2) is 5.11 Å². The van der Waals surface area contributed by atoms with Crippen molar-refractivity contribution in [3.63, 3.8) is 0 Å². The zero-order chi connectivity index (χ0) is 17.1. The molecular weight excluding hydrogens is 292 g/mol. The highest BCUT2D eigenvalue weighted by atomic mass is 16.3. The van der Waals surface area contributed by atoms with E-state index >= 15 is 0 Å². The molecule has 1 heteroatoms. The number of aromatic hydroxyl groups is 1. The van der Waals surface area contributed by atoms with E-state index in [0.717, 1.165) is 12.8 Å². The monoisotopic (exact) mass is 316 g/mol. The van der Waals surface area contributed by atoms with Gasteiger partial charge in [0.05, 0.1) is 0 Å². The van der Waals surface area contributed by atoms with Crippen LogP contribution in [0.15, 0.2) is 60.7 Å². The summed E-state index contributed by atoms with van der Waals surface area (Å²) in [4.78, 5) is 0. The molecule has 0 bridgehead atoms. The highest BCUT2D eigenvalue weighted by Crippen LogP contribution is 2.25. The number of hydrogen-bond acceptors (Lipinski definition) is 1. The number of phenols is 1. The van der Waals surface area contributed by atoms with Crippen molar-refractivity contribution in [1.82, 2.24) is 0 Å². The van der Waals surface area contributed by atoms with Gasteiger partial charge in [-0.2, -0.15) is 0 Å². The van der Waals surface area contributed by atoms with Crippen LogP contribution in [0.2, 0.25) is 0 Å². The van der Waals surface area contributed by atoms with Gasteiger partial charge in [-0.05, 0) is 84.7 Å². The minimum atomic E-state index is 0.327. The summed E-state index contributed by atoms with van der Waals surface area (Å²) < 4.78 is 0. The summed E-state index contributed by atoms with van der Waals surface area (Å²) in [5.74, 6) is 0.327. The third-order valence-corrected chi connectivity index (χ3v) is 4.80. The molecule has 0 atom stereocenters. The molecule has 0 fully saturated rings. The van der Waals surface area contributed by atoms with Crippen LogP contribution >= 0.6 is 0 Å². The SMILES string of the molecule is Cc1ccc(-c2ccc(CCc3ccc(O)cc3)c(C)c2)cc1C. The van der Waals surface area contributed by atoms with Gasteiger partial charge in [0.15, 0.2) is 0 Å². The van der Waals surface area contributed by atoms with Crippen LogP contribution in [0, 0.1) is 20.8 Å². The molecule has 122 valence electrons.